The fraction of sp³-hybridized carbons (Fsp3) is 0.389. The zero-order chi connectivity index (χ0) is 19.8. The fourth-order valence-corrected chi connectivity index (χ4v) is 3.34. The molecule has 9 heteroatoms. The molecule has 27 heavy (non-hydrogen) atoms. The van der Waals surface area contributed by atoms with Gasteiger partial charge in [-0.2, -0.15) is 0 Å². The van der Waals surface area contributed by atoms with E-state index in [1.807, 2.05) is 0 Å². The lowest BCUT2D eigenvalue weighted by molar-refractivity contribution is -0.139. The minimum atomic E-state index is -0.669. The van der Waals surface area contributed by atoms with Crippen LogP contribution in [0, 0.1) is 0 Å². The number of carbonyl (C=O) groups is 3. The second kappa shape index (κ2) is 9.86. The van der Waals surface area contributed by atoms with E-state index in [0.717, 1.165) is 0 Å². The van der Waals surface area contributed by atoms with Crippen molar-refractivity contribution in [3.05, 3.63) is 41.1 Å². The third-order valence-electron chi connectivity index (χ3n) is 3.79. The summed E-state index contributed by atoms with van der Waals surface area (Å²) < 4.78 is 14.9. The number of amides is 2. The summed E-state index contributed by atoms with van der Waals surface area (Å²) in [6.07, 6.45) is 0. The predicted molar refractivity (Wildman–Crippen MR) is 100 cm³/mol. The molecule has 1 aromatic carbocycles. The molecule has 146 valence electrons. The lowest BCUT2D eigenvalue weighted by atomic mass is 9.95. The smallest absolute Gasteiger partial charge is 0.338 e. The Morgan fingerprint density at radius 1 is 1.19 bits per heavy atom. The molecular formula is C18H22N2O6S. The Balaban J connectivity index is 2.35. The molecule has 0 bridgehead atoms. The van der Waals surface area contributed by atoms with Crippen LogP contribution in [0.5, 0.6) is 5.75 Å². The summed E-state index contributed by atoms with van der Waals surface area (Å²) in [5.41, 5.74) is 1.43. The highest BCUT2D eigenvalue weighted by Gasteiger charge is 2.33. The van der Waals surface area contributed by atoms with Crippen LogP contribution in [0.2, 0.25) is 0 Å². The van der Waals surface area contributed by atoms with Gasteiger partial charge >= 0.3 is 18.0 Å². The molecule has 0 spiro atoms. The maximum Gasteiger partial charge on any atom is 0.338 e. The molecule has 1 aliphatic rings. The minimum absolute atomic E-state index is 0.104. The molecule has 0 saturated heterocycles. The van der Waals surface area contributed by atoms with E-state index in [1.54, 1.807) is 38.3 Å². The van der Waals surface area contributed by atoms with Gasteiger partial charge in [-0.1, -0.05) is 12.1 Å². The quantitative estimate of drug-likeness (QED) is 0.648. The molecule has 0 aromatic heterocycles. The maximum absolute atomic E-state index is 12.6. The van der Waals surface area contributed by atoms with Crippen LogP contribution in [0.15, 0.2) is 35.5 Å². The number of carbonyl (C=O) groups excluding carboxylic acids is 3. The molecule has 0 unspecified atom stereocenters. The second-order valence-corrected chi connectivity index (χ2v) is 6.47. The van der Waals surface area contributed by atoms with Crippen molar-refractivity contribution in [2.45, 2.75) is 13.0 Å². The van der Waals surface area contributed by atoms with Crippen molar-refractivity contribution >= 4 is 29.7 Å². The number of esters is 2. The van der Waals surface area contributed by atoms with E-state index in [9.17, 15) is 14.4 Å². The Morgan fingerprint density at radius 3 is 2.48 bits per heavy atom. The number of thioether (sulfide) groups is 1. The van der Waals surface area contributed by atoms with Gasteiger partial charge in [0.05, 0.1) is 38.2 Å². The van der Waals surface area contributed by atoms with Crippen molar-refractivity contribution in [2.24, 2.45) is 0 Å². The van der Waals surface area contributed by atoms with E-state index in [0.29, 0.717) is 22.6 Å². The topological polar surface area (TPSA) is 103 Å². The van der Waals surface area contributed by atoms with E-state index < -0.39 is 18.0 Å². The molecule has 2 N–H and O–H groups in total. The lowest BCUT2D eigenvalue weighted by Gasteiger charge is -2.29. The number of benzene rings is 1. The summed E-state index contributed by atoms with van der Waals surface area (Å²) in [4.78, 5) is 36.0. The zero-order valence-corrected chi connectivity index (χ0v) is 16.2. The highest BCUT2D eigenvalue weighted by atomic mass is 32.2. The minimum Gasteiger partial charge on any atom is -0.497 e. The van der Waals surface area contributed by atoms with Crippen molar-refractivity contribution in [1.82, 2.24) is 10.6 Å². The summed E-state index contributed by atoms with van der Waals surface area (Å²) in [5.74, 6) is 0.106. The molecule has 0 radical (unpaired) electrons. The van der Waals surface area contributed by atoms with Gasteiger partial charge in [-0.25, -0.2) is 9.59 Å². The van der Waals surface area contributed by atoms with Gasteiger partial charge in [0.2, 0.25) is 0 Å². The predicted octanol–water partition coefficient (Wildman–Crippen LogP) is 1.77. The summed E-state index contributed by atoms with van der Waals surface area (Å²) in [6, 6.07) is 5.94. The molecule has 1 aromatic rings. The molecule has 2 rings (SSSR count). The van der Waals surface area contributed by atoms with Gasteiger partial charge < -0.3 is 24.8 Å². The highest BCUT2D eigenvalue weighted by Crippen LogP contribution is 2.30. The second-order valence-electron chi connectivity index (χ2n) is 5.49. The van der Waals surface area contributed by atoms with E-state index in [4.69, 9.17) is 9.47 Å². The van der Waals surface area contributed by atoms with Crippen LogP contribution in [0.25, 0.3) is 0 Å². The monoisotopic (exact) mass is 394 g/mol. The third-order valence-corrected chi connectivity index (χ3v) is 4.72. The molecular weight excluding hydrogens is 372 g/mol. The average Bonchev–Trinajstić information content (AvgIpc) is 2.67. The largest absolute Gasteiger partial charge is 0.497 e. The normalized spacial score (nSPS) is 16.3. The van der Waals surface area contributed by atoms with Crippen LogP contribution in [0.4, 0.5) is 4.79 Å². The van der Waals surface area contributed by atoms with Crippen molar-refractivity contribution in [3.8, 4) is 5.75 Å². The summed E-state index contributed by atoms with van der Waals surface area (Å²) >= 11 is 1.23. The molecule has 8 nitrogen and oxygen atoms in total. The first-order chi connectivity index (χ1) is 13.0. The maximum atomic E-state index is 12.6. The van der Waals surface area contributed by atoms with Crippen LogP contribution < -0.4 is 15.4 Å². The van der Waals surface area contributed by atoms with E-state index >= 15 is 0 Å². The van der Waals surface area contributed by atoms with Crippen molar-refractivity contribution in [1.29, 1.82) is 0 Å². The molecule has 1 heterocycles. The number of urea groups is 1. The number of nitrogens with one attached hydrogen (secondary N) is 2. The number of hydrogen-bond donors (Lipinski definition) is 2. The van der Waals surface area contributed by atoms with Gasteiger partial charge in [-0.05, 0) is 24.6 Å². The standard InChI is InChI=1S/C18H22N2O6S/c1-4-26-17(22)15-13(9-27-10-14(21)25-3)19-18(23)20-16(15)11-5-7-12(24-2)8-6-11/h5-8,16H,4,9-10H2,1-3H3,(H2,19,20,23)/t16-/m1/s1. The molecule has 2 amide bonds. The summed E-state index contributed by atoms with van der Waals surface area (Å²) in [6.45, 7) is 1.91. The van der Waals surface area contributed by atoms with Crippen molar-refractivity contribution < 1.29 is 28.6 Å². The van der Waals surface area contributed by atoms with E-state index in [1.165, 1.54) is 18.9 Å². The molecule has 1 aliphatic heterocycles. The Morgan fingerprint density at radius 2 is 1.89 bits per heavy atom. The molecule has 0 aliphatic carbocycles. The van der Waals surface area contributed by atoms with Crippen LogP contribution in [-0.2, 0) is 19.1 Å². The average molecular weight is 394 g/mol. The Hall–Kier alpha value is -2.68. The van der Waals surface area contributed by atoms with Gasteiger partial charge in [-0.3, -0.25) is 4.79 Å². The van der Waals surface area contributed by atoms with Crippen molar-refractivity contribution in [2.75, 3.05) is 32.3 Å². The lowest BCUT2D eigenvalue weighted by Crippen LogP contribution is -2.46. The Kier molecular flexibility index (Phi) is 7.54. The first-order valence-corrected chi connectivity index (χ1v) is 9.41. The van der Waals surface area contributed by atoms with Gasteiger partial charge in [-0.15, -0.1) is 11.8 Å². The third kappa shape index (κ3) is 5.40. The summed E-state index contributed by atoms with van der Waals surface area (Å²) in [7, 11) is 2.86. The Bertz CT molecular complexity index is 732. The number of rotatable bonds is 8. The van der Waals surface area contributed by atoms with Crippen molar-refractivity contribution in [3.63, 3.8) is 0 Å². The van der Waals surface area contributed by atoms with Gasteiger partial charge in [0, 0.05) is 11.4 Å². The molecule has 0 fully saturated rings. The summed E-state index contributed by atoms with van der Waals surface area (Å²) in [5, 5.41) is 5.40. The van der Waals surface area contributed by atoms with Gasteiger partial charge in [0.15, 0.2) is 0 Å². The van der Waals surface area contributed by atoms with Crippen LogP contribution >= 0.6 is 11.8 Å². The van der Waals surface area contributed by atoms with Crippen LogP contribution in [0.1, 0.15) is 18.5 Å². The number of ether oxygens (including phenoxy) is 3. The Labute approximate surface area is 161 Å². The van der Waals surface area contributed by atoms with Gasteiger partial charge in [0.25, 0.3) is 0 Å². The van der Waals surface area contributed by atoms with Crippen LogP contribution in [-0.4, -0.2) is 50.3 Å². The number of methoxy groups -OCH3 is 2. The molecule has 1 atom stereocenters. The SMILES string of the molecule is CCOC(=O)C1=C(CSCC(=O)OC)NC(=O)N[C@@H]1c1ccc(OC)cc1. The number of hydrogen-bond acceptors (Lipinski definition) is 7. The van der Waals surface area contributed by atoms with Crippen LogP contribution in [0.3, 0.4) is 0 Å². The van der Waals surface area contributed by atoms with Gasteiger partial charge in [0.1, 0.15) is 5.75 Å². The van der Waals surface area contributed by atoms with E-state index in [-0.39, 0.29) is 24.1 Å². The first kappa shape index (κ1) is 20.6. The fourth-order valence-electron chi connectivity index (χ4n) is 2.52. The highest BCUT2D eigenvalue weighted by molar-refractivity contribution is 8.00. The molecule has 0 saturated carbocycles. The first-order valence-electron chi connectivity index (χ1n) is 8.26. The van der Waals surface area contributed by atoms with E-state index in [2.05, 4.69) is 15.4 Å². The zero-order valence-electron chi connectivity index (χ0n) is 15.4.